The van der Waals surface area contributed by atoms with E-state index < -0.39 is 5.91 Å². The highest BCUT2D eigenvalue weighted by atomic mass is 32.2. The third-order valence-electron chi connectivity index (χ3n) is 4.77. The Morgan fingerprint density at radius 1 is 1.23 bits per heavy atom. The second-order valence-corrected chi connectivity index (χ2v) is 9.22. The van der Waals surface area contributed by atoms with Crippen LogP contribution in [0.5, 0.6) is 0 Å². The van der Waals surface area contributed by atoms with Gasteiger partial charge in [0.05, 0.1) is 10.6 Å². The van der Waals surface area contributed by atoms with E-state index in [2.05, 4.69) is 60.9 Å². The highest BCUT2D eigenvalue weighted by Crippen LogP contribution is 2.36. The maximum absolute atomic E-state index is 12.8. The standard InChI is InChI=1S/C23H26N4O2S2/c1-5-16-12-15(6-8-25-16)18-11-14(4)10-17(13(2)3)20(18)26-23(29)27-31-19-7-9-30-21(19)22(24)28/h6-13H,5H2,1-4H3,(H2,24,28)(H2,26,27,29). The number of urea groups is 1. The van der Waals surface area contributed by atoms with E-state index in [9.17, 15) is 9.59 Å². The van der Waals surface area contributed by atoms with Gasteiger partial charge in [0.1, 0.15) is 4.88 Å². The van der Waals surface area contributed by atoms with Gasteiger partial charge in [-0.25, -0.2) is 4.79 Å². The van der Waals surface area contributed by atoms with Crippen molar-refractivity contribution in [3.63, 3.8) is 0 Å². The third kappa shape index (κ3) is 5.45. The van der Waals surface area contributed by atoms with E-state index in [0.717, 1.165) is 52.0 Å². The summed E-state index contributed by atoms with van der Waals surface area (Å²) in [5.74, 6) is -0.292. The molecule has 6 nitrogen and oxygen atoms in total. The van der Waals surface area contributed by atoms with Crippen LogP contribution >= 0.6 is 23.3 Å². The van der Waals surface area contributed by atoms with Crippen LogP contribution in [0.2, 0.25) is 0 Å². The van der Waals surface area contributed by atoms with Crippen LogP contribution in [-0.2, 0) is 6.42 Å². The number of anilines is 1. The molecule has 0 fully saturated rings. The van der Waals surface area contributed by atoms with Gasteiger partial charge in [-0.2, -0.15) is 0 Å². The molecule has 3 amide bonds. The number of nitrogens with two attached hydrogens (primary N) is 1. The van der Waals surface area contributed by atoms with Crippen molar-refractivity contribution in [1.29, 1.82) is 0 Å². The van der Waals surface area contributed by atoms with Crippen LogP contribution in [0.3, 0.4) is 0 Å². The minimum atomic E-state index is -0.507. The molecule has 0 atom stereocenters. The maximum Gasteiger partial charge on any atom is 0.329 e. The summed E-state index contributed by atoms with van der Waals surface area (Å²) in [5, 5.41) is 4.80. The molecule has 2 heterocycles. The molecule has 0 saturated carbocycles. The van der Waals surface area contributed by atoms with E-state index in [-0.39, 0.29) is 11.9 Å². The Kier molecular flexibility index (Phi) is 7.35. The van der Waals surface area contributed by atoms with Gasteiger partial charge in [0, 0.05) is 17.5 Å². The molecule has 0 aliphatic rings. The lowest BCUT2D eigenvalue weighted by molar-refractivity contribution is 0.100. The first-order valence-corrected chi connectivity index (χ1v) is 11.7. The fourth-order valence-electron chi connectivity index (χ4n) is 3.27. The number of carbonyl (C=O) groups is 2. The molecular formula is C23H26N4O2S2. The minimum Gasteiger partial charge on any atom is -0.365 e. The average molecular weight is 455 g/mol. The van der Waals surface area contributed by atoms with Crippen molar-refractivity contribution in [2.24, 2.45) is 5.73 Å². The molecule has 2 aromatic heterocycles. The number of nitrogens with one attached hydrogen (secondary N) is 2. The fraction of sp³-hybridized carbons (Fsp3) is 0.261. The molecule has 31 heavy (non-hydrogen) atoms. The smallest absolute Gasteiger partial charge is 0.329 e. The summed E-state index contributed by atoms with van der Waals surface area (Å²) in [4.78, 5) is 29.7. The van der Waals surface area contributed by atoms with E-state index in [0.29, 0.717) is 9.77 Å². The zero-order valence-electron chi connectivity index (χ0n) is 18.0. The molecule has 3 aromatic rings. The van der Waals surface area contributed by atoms with Crippen molar-refractivity contribution in [3.8, 4) is 11.1 Å². The molecule has 1 aromatic carbocycles. The van der Waals surface area contributed by atoms with Gasteiger partial charge >= 0.3 is 6.03 Å². The lowest BCUT2D eigenvalue weighted by atomic mass is 9.92. The van der Waals surface area contributed by atoms with Crippen molar-refractivity contribution in [2.75, 3.05) is 5.32 Å². The summed E-state index contributed by atoms with van der Waals surface area (Å²) in [6, 6.07) is 9.58. The Morgan fingerprint density at radius 2 is 2.00 bits per heavy atom. The number of aryl methyl sites for hydroxylation is 2. The van der Waals surface area contributed by atoms with Crippen molar-refractivity contribution in [2.45, 2.75) is 44.9 Å². The molecule has 0 aliphatic heterocycles. The SMILES string of the molecule is CCc1cc(-c2cc(C)cc(C(C)C)c2NC(=O)NSc2ccsc2C(N)=O)ccn1. The van der Waals surface area contributed by atoms with Gasteiger partial charge in [-0.3, -0.25) is 14.5 Å². The number of benzene rings is 1. The van der Waals surface area contributed by atoms with Gasteiger partial charge in [-0.15, -0.1) is 11.3 Å². The van der Waals surface area contributed by atoms with Crippen molar-refractivity contribution < 1.29 is 9.59 Å². The molecule has 0 saturated heterocycles. The second-order valence-electron chi connectivity index (χ2n) is 7.46. The quantitative estimate of drug-likeness (QED) is 0.397. The van der Waals surface area contributed by atoms with Crippen LogP contribution in [0.25, 0.3) is 11.1 Å². The molecular weight excluding hydrogens is 428 g/mol. The highest BCUT2D eigenvalue weighted by Gasteiger charge is 2.18. The number of thiophene rings is 1. The molecule has 4 N–H and O–H groups in total. The molecule has 3 rings (SSSR count). The normalized spacial score (nSPS) is 10.9. The van der Waals surface area contributed by atoms with Gasteiger partial charge in [0.25, 0.3) is 5.91 Å². The maximum atomic E-state index is 12.8. The highest BCUT2D eigenvalue weighted by molar-refractivity contribution is 7.98. The Labute approximate surface area is 190 Å². The summed E-state index contributed by atoms with van der Waals surface area (Å²) in [6.07, 6.45) is 2.63. The molecule has 8 heteroatoms. The van der Waals surface area contributed by atoms with Crippen LogP contribution < -0.4 is 15.8 Å². The van der Waals surface area contributed by atoms with Gasteiger partial charge < -0.3 is 11.1 Å². The Hall–Kier alpha value is -2.84. The predicted octanol–water partition coefficient (Wildman–Crippen LogP) is 5.73. The minimum absolute atomic E-state index is 0.215. The number of hydrogen-bond donors (Lipinski definition) is 3. The fourth-order valence-corrected chi connectivity index (χ4v) is 4.85. The van der Waals surface area contributed by atoms with Crippen LogP contribution in [0, 0.1) is 6.92 Å². The van der Waals surface area contributed by atoms with Crippen molar-refractivity contribution in [1.82, 2.24) is 9.71 Å². The van der Waals surface area contributed by atoms with Gasteiger partial charge in [-0.1, -0.05) is 32.4 Å². The van der Waals surface area contributed by atoms with Crippen LogP contribution in [0.1, 0.15) is 53.2 Å². The van der Waals surface area contributed by atoms with Crippen molar-refractivity contribution in [3.05, 3.63) is 63.6 Å². The zero-order chi connectivity index (χ0) is 22.5. The number of hydrogen-bond acceptors (Lipinski definition) is 5. The Balaban J connectivity index is 1.92. The molecule has 0 bridgehead atoms. The van der Waals surface area contributed by atoms with Gasteiger partial charge in [-0.05, 0) is 72.0 Å². The molecule has 0 spiro atoms. The number of rotatable bonds is 7. The summed E-state index contributed by atoms with van der Waals surface area (Å²) in [6.45, 7) is 8.32. The first-order valence-electron chi connectivity index (χ1n) is 10.0. The summed E-state index contributed by atoms with van der Waals surface area (Å²) in [5.41, 5.74) is 11.3. The van der Waals surface area contributed by atoms with E-state index in [1.165, 1.54) is 11.3 Å². The van der Waals surface area contributed by atoms with Crippen molar-refractivity contribution >= 4 is 40.9 Å². The zero-order valence-corrected chi connectivity index (χ0v) is 19.6. The molecule has 0 unspecified atom stereocenters. The second kappa shape index (κ2) is 9.98. The van der Waals surface area contributed by atoms with E-state index in [1.807, 2.05) is 6.07 Å². The largest absolute Gasteiger partial charge is 0.365 e. The molecule has 0 aliphatic carbocycles. The summed E-state index contributed by atoms with van der Waals surface area (Å²) < 4.78 is 2.76. The van der Waals surface area contributed by atoms with Crippen LogP contribution in [-0.4, -0.2) is 16.9 Å². The van der Waals surface area contributed by atoms with Gasteiger partial charge in [0.2, 0.25) is 0 Å². The number of nitrogens with zero attached hydrogens (tertiary/aromatic N) is 1. The number of carbonyl (C=O) groups excluding carboxylic acids is 2. The first-order chi connectivity index (χ1) is 14.8. The van der Waals surface area contributed by atoms with E-state index in [1.54, 1.807) is 17.6 Å². The first kappa shape index (κ1) is 22.8. The Morgan fingerprint density at radius 3 is 2.68 bits per heavy atom. The third-order valence-corrected chi connectivity index (χ3v) is 6.68. The number of primary amides is 1. The summed E-state index contributed by atoms with van der Waals surface area (Å²) >= 11 is 2.32. The average Bonchev–Trinajstić information content (AvgIpc) is 3.22. The van der Waals surface area contributed by atoms with E-state index in [4.69, 9.17) is 5.73 Å². The monoisotopic (exact) mass is 454 g/mol. The summed E-state index contributed by atoms with van der Waals surface area (Å²) in [7, 11) is 0. The molecule has 162 valence electrons. The van der Waals surface area contributed by atoms with Crippen LogP contribution in [0.4, 0.5) is 10.5 Å². The predicted molar refractivity (Wildman–Crippen MR) is 129 cm³/mol. The molecule has 0 radical (unpaired) electrons. The van der Waals surface area contributed by atoms with Gasteiger partial charge in [0.15, 0.2) is 0 Å². The number of amides is 3. The Bertz CT molecular complexity index is 1110. The lowest BCUT2D eigenvalue weighted by Crippen LogP contribution is -2.24. The van der Waals surface area contributed by atoms with Crippen LogP contribution in [0.15, 0.2) is 46.8 Å². The lowest BCUT2D eigenvalue weighted by Gasteiger charge is -2.20. The topological polar surface area (TPSA) is 97.1 Å². The number of aromatic nitrogens is 1. The van der Waals surface area contributed by atoms with E-state index >= 15 is 0 Å². The number of pyridine rings is 1.